The Morgan fingerprint density at radius 3 is 2.83 bits per heavy atom. The summed E-state index contributed by atoms with van der Waals surface area (Å²) in [6.45, 7) is 1.43. The molecule has 1 N–H and O–H groups in total. The van der Waals surface area contributed by atoms with Crippen LogP contribution in [-0.4, -0.2) is 21.7 Å². The summed E-state index contributed by atoms with van der Waals surface area (Å²) in [6.07, 6.45) is 1.51. The normalized spacial score (nSPS) is 11.2. The SMILES string of the molecule is C/C(=N/O)C(=O)c1ccccn1. The van der Waals surface area contributed by atoms with Gasteiger partial charge in [-0.2, -0.15) is 0 Å². The van der Waals surface area contributed by atoms with Crippen LogP contribution in [0.4, 0.5) is 0 Å². The second-order valence-corrected chi connectivity index (χ2v) is 2.23. The van der Waals surface area contributed by atoms with Gasteiger partial charge in [0, 0.05) is 6.20 Å². The molecule has 1 aromatic rings. The van der Waals surface area contributed by atoms with E-state index in [4.69, 9.17) is 5.21 Å². The first-order valence-electron chi connectivity index (χ1n) is 3.40. The van der Waals surface area contributed by atoms with Gasteiger partial charge < -0.3 is 5.21 Å². The van der Waals surface area contributed by atoms with Gasteiger partial charge in [-0.25, -0.2) is 0 Å². The number of carbonyl (C=O) groups is 1. The lowest BCUT2D eigenvalue weighted by Crippen LogP contribution is -2.11. The van der Waals surface area contributed by atoms with E-state index in [1.165, 1.54) is 13.1 Å². The molecule has 1 rings (SSSR count). The van der Waals surface area contributed by atoms with Crippen molar-refractivity contribution in [1.29, 1.82) is 0 Å². The lowest BCUT2D eigenvalue weighted by atomic mass is 10.2. The van der Waals surface area contributed by atoms with E-state index in [1.807, 2.05) is 0 Å². The molecule has 0 amide bonds. The molecular weight excluding hydrogens is 156 g/mol. The van der Waals surface area contributed by atoms with Crippen molar-refractivity contribution in [3.63, 3.8) is 0 Å². The zero-order chi connectivity index (χ0) is 8.97. The molecule has 0 saturated carbocycles. The number of hydrogen-bond donors (Lipinski definition) is 1. The van der Waals surface area contributed by atoms with Gasteiger partial charge >= 0.3 is 0 Å². The zero-order valence-electron chi connectivity index (χ0n) is 6.56. The summed E-state index contributed by atoms with van der Waals surface area (Å²) in [4.78, 5) is 15.0. The molecule has 0 saturated heterocycles. The Morgan fingerprint density at radius 2 is 2.33 bits per heavy atom. The third kappa shape index (κ3) is 1.66. The number of hydrogen-bond acceptors (Lipinski definition) is 4. The van der Waals surface area contributed by atoms with Crippen LogP contribution >= 0.6 is 0 Å². The van der Waals surface area contributed by atoms with Crippen molar-refractivity contribution in [2.45, 2.75) is 6.92 Å². The first-order chi connectivity index (χ1) is 5.75. The van der Waals surface area contributed by atoms with Crippen molar-refractivity contribution in [1.82, 2.24) is 4.98 Å². The number of aromatic nitrogens is 1. The number of ketones is 1. The van der Waals surface area contributed by atoms with Crippen LogP contribution in [0.5, 0.6) is 0 Å². The highest BCUT2D eigenvalue weighted by Crippen LogP contribution is 1.96. The molecule has 0 aromatic carbocycles. The van der Waals surface area contributed by atoms with E-state index in [9.17, 15) is 4.79 Å². The van der Waals surface area contributed by atoms with Crippen LogP contribution < -0.4 is 0 Å². The number of rotatable bonds is 2. The van der Waals surface area contributed by atoms with Crippen LogP contribution in [0.3, 0.4) is 0 Å². The molecule has 0 aliphatic heterocycles. The van der Waals surface area contributed by atoms with E-state index in [0.29, 0.717) is 0 Å². The largest absolute Gasteiger partial charge is 0.411 e. The number of nitrogens with zero attached hydrogens (tertiary/aromatic N) is 2. The number of carbonyl (C=O) groups excluding carboxylic acids is 1. The molecule has 0 fully saturated rings. The van der Waals surface area contributed by atoms with E-state index in [0.717, 1.165) is 0 Å². The molecule has 0 unspecified atom stereocenters. The Morgan fingerprint density at radius 1 is 1.58 bits per heavy atom. The second-order valence-electron chi connectivity index (χ2n) is 2.23. The molecule has 4 heteroatoms. The summed E-state index contributed by atoms with van der Waals surface area (Å²) in [5, 5.41) is 11.1. The van der Waals surface area contributed by atoms with Crippen LogP contribution in [0.1, 0.15) is 17.4 Å². The van der Waals surface area contributed by atoms with E-state index < -0.39 is 0 Å². The van der Waals surface area contributed by atoms with Gasteiger partial charge in [-0.3, -0.25) is 9.78 Å². The number of pyridine rings is 1. The predicted octanol–water partition coefficient (Wildman–Crippen LogP) is 1.11. The van der Waals surface area contributed by atoms with Gasteiger partial charge in [-0.1, -0.05) is 11.2 Å². The van der Waals surface area contributed by atoms with E-state index in [2.05, 4.69) is 10.1 Å². The quantitative estimate of drug-likeness (QED) is 0.308. The van der Waals surface area contributed by atoms with E-state index >= 15 is 0 Å². The molecule has 0 radical (unpaired) electrons. The van der Waals surface area contributed by atoms with Gasteiger partial charge in [0.25, 0.3) is 0 Å². The fourth-order valence-corrected chi connectivity index (χ4v) is 0.728. The topological polar surface area (TPSA) is 62.6 Å². The summed E-state index contributed by atoms with van der Waals surface area (Å²) >= 11 is 0. The maximum Gasteiger partial charge on any atom is 0.228 e. The molecule has 0 aliphatic rings. The average Bonchev–Trinajstić information content (AvgIpc) is 2.17. The monoisotopic (exact) mass is 164 g/mol. The minimum absolute atomic E-state index is 0.0358. The van der Waals surface area contributed by atoms with Crippen molar-refractivity contribution in [2.24, 2.45) is 5.16 Å². The van der Waals surface area contributed by atoms with Gasteiger partial charge in [0.2, 0.25) is 5.78 Å². The summed E-state index contributed by atoms with van der Waals surface area (Å²) < 4.78 is 0. The smallest absolute Gasteiger partial charge is 0.228 e. The fourth-order valence-electron chi connectivity index (χ4n) is 0.728. The van der Waals surface area contributed by atoms with Crippen LogP contribution in [0.25, 0.3) is 0 Å². The zero-order valence-corrected chi connectivity index (χ0v) is 6.56. The molecule has 62 valence electrons. The summed E-state index contributed by atoms with van der Waals surface area (Å²) in [5.74, 6) is -0.363. The van der Waals surface area contributed by atoms with Crippen molar-refractivity contribution >= 4 is 11.5 Å². The fraction of sp³-hybridized carbons (Fsp3) is 0.125. The first kappa shape index (κ1) is 8.39. The third-order valence-electron chi connectivity index (χ3n) is 1.38. The lowest BCUT2D eigenvalue weighted by molar-refractivity contribution is 0.105. The molecule has 12 heavy (non-hydrogen) atoms. The summed E-state index contributed by atoms with van der Waals surface area (Å²) in [5.41, 5.74) is 0.321. The van der Waals surface area contributed by atoms with Gasteiger partial charge in [0.1, 0.15) is 11.4 Å². The molecule has 4 nitrogen and oxygen atoms in total. The van der Waals surface area contributed by atoms with E-state index in [1.54, 1.807) is 18.2 Å². The number of oxime groups is 1. The van der Waals surface area contributed by atoms with Crippen molar-refractivity contribution in [2.75, 3.05) is 0 Å². The highest BCUT2D eigenvalue weighted by atomic mass is 16.4. The predicted molar refractivity (Wildman–Crippen MR) is 43.5 cm³/mol. The molecule has 0 spiro atoms. The second kappa shape index (κ2) is 3.61. The van der Waals surface area contributed by atoms with Crippen molar-refractivity contribution < 1.29 is 10.0 Å². The van der Waals surface area contributed by atoms with Crippen LogP contribution in [-0.2, 0) is 0 Å². The van der Waals surface area contributed by atoms with Gasteiger partial charge in [-0.15, -0.1) is 0 Å². The standard InChI is InChI=1S/C8H8N2O2/c1-6(10-12)8(11)7-4-2-3-5-9-7/h2-5,12H,1H3/b10-6-. The van der Waals surface area contributed by atoms with Crippen molar-refractivity contribution in [3.05, 3.63) is 30.1 Å². The molecule has 0 bridgehead atoms. The Hall–Kier alpha value is -1.71. The molecule has 0 atom stereocenters. The Labute approximate surface area is 69.6 Å². The summed E-state index contributed by atoms with van der Waals surface area (Å²) in [6, 6.07) is 4.98. The number of Topliss-reactive ketones (excluding diaryl/α,β-unsaturated/α-hetero) is 1. The minimum atomic E-state index is -0.363. The maximum absolute atomic E-state index is 11.2. The Kier molecular flexibility index (Phi) is 2.53. The molecular formula is C8H8N2O2. The van der Waals surface area contributed by atoms with E-state index in [-0.39, 0.29) is 17.2 Å². The van der Waals surface area contributed by atoms with Crippen molar-refractivity contribution in [3.8, 4) is 0 Å². The third-order valence-corrected chi connectivity index (χ3v) is 1.38. The van der Waals surface area contributed by atoms with Gasteiger partial charge in [0.05, 0.1) is 0 Å². The molecule has 0 aliphatic carbocycles. The highest BCUT2D eigenvalue weighted by molar-refractivity contribution is 6.44. The maximum atomic E-state index is 11.2. The highest BCUT2D eigenvalue weighted by Gasteiger charge is 2.09. The molecule has 1 aromatic heterocycles. The lowest BCUT2D eigenvalue weighted by Gasteiger charge is -1.95. The van der Waals surface area contributed by atoms with Crippen LogP contribution in [0, 0.1) is 0 Å². The minimum Gasteiger partial charge on any atom is -0.411 e. The van der Waals surface area contributed by atoms with Crippen LogP contribution in [0.2, 0.25) is 0 Å². The average molecular weight is 164 g/mol. The summed E-state index contributed by atoms with van der Waals surface area (Å²) in [7, 11) is 0. The Bertz CT molecular complexity index is 306. The van der Waals surface area contributed by atoms with Gasteiger partial charge in [-0.05, 0) is 19.1 Å². The molecule has 1 heterocycles. The van der Waals surface area contributed by atoms with Gasteiger partial charge in [0.15, 0.2) is 0 Å². The first-order valence-corrected chi connectivity index (χ1v) is 3.40. The Balaban J connectivity index is 2.94. The van der Waals surface area contributed by atoms with Crippen LogP contribution in [0.15, 0.2) is 29.6 Å².